The second-order valence-electron chi connectivity index (χ2n) is 5.70. The Labute approximate surface area is 139 Å². The van der Waals surface area contributed by atoms with Crippen molar-refractivity contribution in [1.82, 2.24) is 14.5 Å². The standard InChI is InChI=1S/C13H15IN4O2S/c1-13(2)19-7-4-21-12(9(7)20-13)18-3-6(14)8-10(15)16-5-17-11(8)18/h3,5,7,9,12H,4H2,1-2H3,(H2,15,16,17)/t7?,9-,12+/m0/s1. The number of aromatic nitrogens is 3. The van der Waals surface area contributed by atoms with Crippen molar-refractivity contribution in [3.8, 4) is 0 Å². The van der Waals surface area contributed by atoms with E-state index >= 15 is 0 Å². The molecule has 0 bridgehead atoms. The minimum absolute atomic E-state index is 0.0348. The van der Waals surface area contributed by atoms with Crippen LogP contribution in [0, 0.1) is 3.57 Å². The SMILES string of the molecule is CC1(C)OC2CS[C@@H](n3cc(I)c4c(N)ncnc43)[C@H]2O1. The molecule has 0 aromatic carbocycles. The van der Waals surface area contributed by atoms with Crippen LogP contribution in [0.1, 0.15) is 19.2 Å². The van der Waals surface area contributed by atoms with E-state index < -0.39 is 5.79 Å². The van der Waals surface area contributed by atoms with Gasteiger partial charge in [0.05, 0.1) is 11.5 Å². The Morgan fingerprint density at radius 2 is 2.24 bits per heavy atom. The van der Waals surface area contributed by atoms with Crippen LogP contribution >= 0.6 is 34.4 Å². The molecule has 0 spiro atoms. The molecule has 2 saturated heterocycles. The number of nitrogens with two attached hydrogens (primary N) is 1. The highest BCUT2D eigenvalue weighted by Gasteiger charge is 2.50. The average molecular weight is 418 g/mol. The van der Waals surface area contributed by atoms with E-state index in [9.17, 15) is 0 Å². The molecule has 2 fully saturated rings. The molecule has 21 heavy (non-hydrogen) atoms. The number of hydrogen-bond acceptors (Lipinski definition) is 6. The highest BCUT2D eigenvalue weighted by Crippen LogP contribution is 2.48. The Kier molecular flexibility index (Phi) is 3.15. The zero-order chi connectivity index (χ0) is 14.8. The van der Waals surface area contributed by atoms with Gasteiger partial charge in [-0.05, 0) is 36.4 Å². The summed E-state index contributed by atoms with van der Waals surface area (Å²) >= 11 is 4.11. The van der Waals surface area contributed by atoms with Gasteiger partial charge in [-0.1, -0.05) is 0 Å². The molecule has 8 heteroatoms. The lowest BCUT2D eigenvalue weighted by molar-refractivity contribution is -0.146. The third kappa shape index (κ3) is 2.14. The fourth-order valence-corrected chi connectivity index (χ4v) is 5.22. The number of nitrogens with zero attached hydrogens (tertiary/aromatic N) is 3. The lowest BCUT2D eigenvalue weighted by Crippen LogP contribution is -2.26. The van der Waals surface area contributed by atoms with Crippen LogP contribution in [0.4, 0.5) is 5.82 Å². The maximum Gasteiger partial charge on any atom is 0.163 e. The predicted molar refractivity (Wildman–Crippen MR) is 90.0 cm³/mol. The van der Waals surface area contributed by atoms with E-state index in [0.29, 0.717) is 5.82 Å². The summed E-state index contributed by atoms with van der Waals surface area (Å²) in [6.45, 7) is 3.93. The maximum atomic E-state index is 6.09. The van der Waals surface area contributed by atoms with E-state index in [0.717, 1.165) is 20.4 Å². The first-order valence-corrected chi connectivity index (χ1v) is 8.83. The van der Waals surface area contributed by atoms with Gasteiger partial charge in [0, 0.05) is 15.5 Å². The van der Waals surface area contributed by atoms with Crippen LogP contribution in [0.2, 0.25) is 0 Å². The first kappa shape index (κ1) is 14.0. The van der Waals surface area contributed by atoms with Crippen LogP contribution in [-0.2, 0) is 9.47 Å². The van der Waals surface area contributed by atoms with Crippen molar-refractivity contribution in [3.05, 3.63) is 16.1 Å². The first-order valence-electron chi connectivity index (χ1n) is 6.70. The topological polar surface area (TPSA) is 75.2 Å². The lowest BCUT2D eigenvalue weighted by Gasteiger charge is -2.22. The molecule has 2 aliphatic rings. The van der Waals surface area contributed by atoms with Crippen LogP contribution in [0.3, 0.4) is 0 Å². The molecule has 3 atom stereocenters. The van der Waals surface area contributed by atoms with Crippen LogP contribution in [-0.4, -0.2) is 38.3 Å². The van der Waals surface area contributed by atoms with Crippen molar-refractivity contribution in [2.45, 2.75) is 37.2 Å². The molecular formula is C13H15IN4O2S. The number of nitrogen functional groups attached to an aromatic ring is 1. The van der Waals surface area contributed by atoms with Gasteiger partial charge < -0.3 is 19.8 Å². The monoisotopic (exact) mass is 418 g/mol. The largest absolute Gasteiger partial charge is 0.383 e. The summed E-state index contributed by atoms with van der Waals surface area (Å²) in [4.78, 5) is 8.50. The van der Waals surface area contributed by atoms with E-state index in [1.807, 2.05) is 25.6 Å². The molecule has 2 aromatic heterocycles. The Bertz CT molecular complexity index is 720. The van der Waals surface area contributed by atoms with Gasteiger partial charge in [-0.15, -0.1) is 11.8 Å². The molecular weight excluding hydrogens is 403 g/mol. The minimum atomic E-state index is -0.515. The molecule has 2 N–H and O–H groups in total. The molecule has 0 saturated carbocycles. The summed E-state index contributed by atoms with van der Waals surface area (Å²) in [6.07, 6.45) is 3.75. The Balaban J connectivity index is 1.80. The van der Waals surface area contributed by atoms with Gasteiger partial charge in [-0.25, -0.2) is 9.97 Å². The van der Waals surface area contributed by atoms with Crippen LogP contribution in [0.5, 0.6) is 0 Å². The summed E-state index contributed by atoms with van der Waals surface area (Å²) < 4.78 is 15.2. The van der Waals surface area contributed by atoms with E-state index in [1.54, 1.807) is 0 Å². The molecule has 4 rings (SSSR count). The second-order valence-corrected chi connectivity index (χ2v) is 8.02. The predicted octanol–water partition coefficient (Wildman–Crippen LogP) is 2.38. The van der Waals surface area contributed by atoms with Gasteiger partial charge in [0.15, 0.2) is 5.79 Å². The number of ether oxygens (including phenoxy) is 2. The van der Waals surface area contributed by atoms with Crippen molar-refractivity contribution in [3.63, 3.8) is 0 Å². The van der Waals surface area contributed by atoms with Crippen molar-refractivity contribution in [1.29, 1.82) is 0 Å². The normalized spacial score (nSPS) is 30.9. The molecule has 1 unspecified atom stereocenters. The molecule has 2 aliphatic heterocycles. The van der Waals surface area contributed by atoms with Crippen molar-refractivity contribution in [2.24, 2.45) is 0 Å². The Morgan fingerprint density at radius 3 is 3.05 bits per heavy atom. The van der Waals surface area contributed by atoms with Crippen LogP contribution in [0.25, 0.3) is 11.0 Å². The molecule has 112 valence electrons. The van der Waals surface area contributed by atoms with Gasteiger partial charge in [0.2, 0.25) is 0 Å². The van der Waals surface area contributed by atoms with E-state index in [-0.39, 0.29) is 17.6 Å². The smallest absolute Gasteiger partial charge is 0.163 e. The Hall–Kier alpha value is -0.580. The summed E-state index contributed by atoms with van der Waals surface area (Å²) in [5, 5.41) is 1.07. The van der Waals surface area contributed by atoms with Gasteiger partial charge in [0.1, 0.15) is 29.3 Å². The minimum Gasteiger partial charge on any atom is -0.383 e. The van der Waals surface area contributed by atoms with E-state index in [4.69, 9.17) is 15.2 Å². The lowest BCUT2D eigenvalue weighted by atomic mass is 10.2. The zero-order valence-electron chi connectivity index (χ0n) is 11.6. The van der Waals surface area contributed by atoms with E-state index in [2.05, 4.69) is 43.3 Å². The summed E-state index contributed by atoms with van der Waals surface area (Å²) in [5.74, 6) is 0.931. The number of anilines is 1. The molecule has 2 aromatic rings. The summed E-state index contributed by atoms with van der Waals surface area (Å²) in [6, 6.07) is 0. The highest BCUT2D eigenvalue weighted by atomic mass is 127. The zero-order valence-corrected chi connectivity index (χ0v) is 14.6. The number of hydrogen-bond donors (Lipinski definition) is 1. The highest BCUT2D eigenvalue weighted by molar-refractivity contribution is 14.1. The quantitative estimate of drug-likeness (QED) is 0.717. The fourth-order valence-electron chi connectivity index (χ4n) is 3.02. The van der Waals surface area contributed by atoms with Crippen molar-refractivity contribution < 1.29 is 9.47 Å². The van der Waals surface area contributed by atoms with E-state index in [1.165, 1.54) is 6.33 Å². The summed E-state index contributed by atoms with van der Waals surface area (Å²) in [7, 11) is 0. The summed E-state index contributed by atoms with van der Waals surface area (Å²) in [5.41, 5.74) is 6.85. The maximum absolute atomic E-state index is 6.09. The molecule has 0 aliphatic carbocycles. The van der Waals surface area contributed by atoms with Gasteiger partial charge in [-0.2, -0.15) is 0 Å². The molecule has 4 heterocycles. The number of fused-ring (bicyclic) bond motifs is 2. The van der Waals surface area contributed by atoms with Gasteiger partial charge in [-0.3, -0.25) is 0 Å². The molecule has 6 nitrogen and oxygen atoms in total. The van der Waals surface area contributed by atoms with Crippen LogP contribution < -0.4 is 5.73 Å². The number of halogens is 1. The Morgan fingerprint density at radius 1 is 1.43 bits per heavy atom. The number of thioether (sulfide) groups is 1. The molecule has 0 radical (unpaired) electrons. The number of rotatable bonds is 1. The third-order valence-corrected chi connectivity index (χ3v) is 5.98. The third-order valence-electron chi connectivity index (χ3n) is 3.80. The molecule has 0 amide bonds. The fraction of sp³-hybridized carbons (Fsp3) is 0.538. The van der Waals surface area contributed by atoms with Crippen LogP contribution in [0.15, 0.2) is 12.5 Å². The average Bonchev–Trinajstić information content (AvgIpc) is 3.00. The van der Waals surface area contributed by atoms with Crippen molar-refractivity contribution in [2.75, 3.05) is 11.5 Å². The second kappa shape index (κ2) is 4.71. The van der Waals surface area contributed by atoms with Crippen molar-refractivity contribution >= 4 is 51.2 Å². The van der Waals surface area contributed by atoms with Gasteiger partial charge in [0.25, 0.3) is 0 Å². The van der Waals surface area contributed by atoms with Gasteiger partial charge >= 0.3 is 0 Å². The first-order chi connectivity index (χ1) is 9.96.